The molecule has 5 heteroatoms. The normalized spacial score (nSPS) is 16.8. The summed E-state index contributed by atoms with van der Waals surface area (Å²) in [7, 11) is 1.68. The summed E-state index contributed by atoms with van der Waals surface area (Å²) in [5.74, 6) is 0.0562. The number of methoxy groups -OCH3 is 1. The van der Waals surface area contributed by atoms with E-state index in [2.05, 4.69) is 16.4 Å². The van der Waals surface area contributed by atoms with Crippen LogP contribution in [0, 0.1) is 0 Å². The zero-order valence-electron chi connectivity index (χ0n) is 14.2. The van der Waals surface area contributed by atoms with Crippen molar-refractivity contribution in [2.45, 2.75) is 12.6 Å². The Morgan fingerprint density at radius 1 is 1.12 bits per heavy atom. The minimum Gasteiger partial charge on any atom is -0.385 e. The van der Waals surface area contributed by atoms with E-state index in [1.54, 1.807) is 7.11 Å². The number of carbonyl (C=O) groups excluding carboxylic acids is 1. The molecule has 0 saturated carbocycles. The summed E-state index contributed by atoms with van der Waals surface area (Å²) in [6.45, 7) is 1.27. The van der Waals surface area contributed by atoms with Crippen molar-refractivity contribution >= 4 is 22.5 Å². The van der Waals surface area contributed by atoms with Gasteiger partial charge in [-0.3, -0.25) is 4.79 Å². The number of fused-ring (bicyclic) bond motifs is 2. The number of ether oxygens (including phenoxy) is 1. The second kappa shape index (κ2) is 6.61. The standard InChI is InChI=1S/C20H21N3O2/c1-25-12-6-11-23-19(16-13-21-17-9-4-2-7-14(16)17)22-18-10-5-3-8-15(18)20(23)24/h2-5,7-10,13,19,21-22H,6,11-12H2,1H3. The van der Waals surface area contributed by atoms with Gasteiger partial charge < -0.3 is 19.9 Å². The van der Waals surface area contributed by atoms with Crippen LogP contribution in [-0.2, 0) is 4.74 Å². The summed E-state index contributed by atoms with van der Waals surface area (Å²) >= 11 is 0. The molecule has 3 aromatic rings. The summed E-state index contributed by atoms with van der Waals surface area (Å²) < 4.78 is 5.17. The van der Waals surface area contributed by atoms with E-state index < -0.39 is 0 Å². The van der Waals surface area contributed by atoms with Crippen molar-refractivity contribution in [1.82, 2.24) is 9.88 Å². The number of nitrogens with one attached hydrogen (secondary N) is 2. The van der Waals surface area contributed by atoms with E-state index in [9.17, 15) is 4.79 Å². The second-order valence-corrected chi connectivity index (χ2v) is 6.23. The molecule has 2 aromatic carbocycles. The molecule has 1 atom stereocenters. The van der Waals surface area contributed by atoms with Crippen LogP contribution < -0.4 is 5.32 Å². The molecule has 2 N–H and O–H groups in total. The first-order chi connectivity index (χ1) is 12.3. The van der Waals surface area contributed by atoms with Crippen molar-refractivity contribution in [3.05, 3.63) is 65.9 Å². The van der Waals surface area contributed by atoms with Crippen molar-refractivity contribution in [1.29, 1.82) is 0 Å². The van der Waals surface area contributed by atoms with Crippen molar-refractivity contribution in [3.8, 4) is 0 Å². The molecule has 1 amide bonds. The lowest BCUT2D eigenvalue weighted by Gasteiger charge is -2.38. The highest BCUT2D eigenvalue weighted by atomic mass is 16.5. The summed E-state index contributed by atoms with van der Waals surface area (Å²) in [6.07, 6.45) is 2.59. The minimum atomic E-state index is -0.199. The molecule has 128 valence electrons. The van der Waals surface area contributed by atoms with Gasteiger partial charge in [-0.05, 0) is 24.6 Å². The van der Waals surface area contributed by atoms with E-state index in [1.807, 2.05) is 53.6 Å². The Morgan fingerprint density at radius 3 is 2.80 bits per heavy atom. The Bertz CT molecular complexity index is 903. The van der Waals surface area contributed by atoms with Crippen LogP contribution in [0.15, 0.2) is 54.7 Å². The van der Waals surface area contributed by atoms with E-state index in [4.69, 9.17) is 4.74 Å². The molecule has 1 aliphatic rings. The van der Waals surface area contributed by atoms with E-state index in [1.165, 1.54) is 0 Å². The maximum atomic E-state index is 13.1. The van der Waals surface area contributed by atoms with Gasteiger partial charge in [-0.1, -0.05) is 30.3 Å². The fraction of sp³-hybridized carbons (Fsp3) is 0.250. The topological polar surface area (TPSA) is 57.4 Å². The summed E-state index contributed by atoms with van der Waals surface area (Å²) in [4.78, 5) is 18.3. The highest BCUT2D eigenvalue weighted by molar-refractivity contribution is 6.02. The quantitative estimate of drug-likeness (QED) is 0.698. The van der Waals surface area contributed by atoms with Crippen LogP contribution in [-0.4, -0.2) is 36.1 Å². The number of nitrogens with zero attached hydrogens (tertiary/aromatic N) is 1. The van der Waals surface area contributed by atoms with Crippen LogP contribution >= 0.6 is 0 Å². The average molecular weight is 335 g/mol. The molecule has 2 heterocycles. The molecule has 0 bridgehead atoms. The smallest absolute Gasteiger partial charge is 0.257 e. The highest BCUT2D eigenvalue weighted by Gasteiger charge is 2.33. The van der Waals surface area contributed by atoms with Gasteiger partial charge in [0.25, 0.3) is 5.91 Å². The molecule has 0 aliphatic carbocycles. The third-order valence-corrected chi connectivity index (χ3v) is 4.69. The minimum absolute atomic E-state index is 0.0562. The van der Waals surface area contributed by atoms with Crippen LogP contribution in [0.2, 0.25) is 0 Å². The summed E-state index contributed by atoms with van der Waals surface area (Å²) in [5, 5.41) is 4.67. The average Bonchev–Trinajstić information content (AvgIpc) is 3.07. The van der Waals surface area contributed by atoms with Gasteiger partial charge >= 0.3 is 0 Å². The molecule has 0 radical (unpaired) electrons. The van der Waals surface area contributed by atoms with Crippen molar-refractivity contribution in [2.24, 2.45) is 0 Å². The first kappa shape index (κ1) is 15.7. The lowest BCUT2D eigenvalue weighted by Crippen LogP contribution is -2.43. The predicted molar refractivity (Wildman–Crippen MR) is 98.6 cm³/mol. The zero-order valence-corrected chi connectivity index (χ0v) is 14.2. The highest BCUT2D eigenvalue weighted by Crippen LogP contribution is 2.35. The number of H-pyrrole nitrogens is 1. The third kappa shape index (κ3) is 2.76. The molecule has 0 saturated heterocycles. The Labute approximate surface area is 146 Å². The largest absolute Gasteiger partial charge is 0.385 e. The number of hydrogen-bond donors (Lipinski definition) is 2. The number of aromatic amines is 1. The number of benzene rings is 2. The Balaban J connectivity index is 1.76. The Kier molecular flexibility index (Phi) is 4.15. The van der Waals surface area contributed by atoms with Crippen LogP contribution in [0.3, 0.4) is 0 Å². The Hall–Kier alpha value is -2.79. The molecule has 0 spiro atoms. The van der Waals surface area contributed by atoms with Gasteiger partial charge in [0.05, 0.1) is 5.56 Å². The molecule has 1 unspecified atom stereocenters. The van der Waals surface area contributed by atoms with E-state index in [0.717, 1.165) is 34.1 Å². The lowest BCUT2D eigenvalue weighted by molar-refractivity contribution is 0.0661. The van der Waals surface area contributed by atoms with Gasteiger partial charge in [0.2, 0.25) is 0 Å². The van der Waals surface area contributed by atoms with Gasteiger partial charge in [-0.2, -0.15) is 0 Å². The Morgan fingerprint density at radius 2 is 1.92 bits per heavy atom. The van der Waals surface area contributed by atoms with Crippen molar-refractivity contribution in [2.75, 3.05) is 25.6 Å². The number of amides is 1. The first-order valence-electron chi connectivity index (χ1n) is 8.51. The monoisotopic (exact) mass is 335 g/mol. The first-order valence-corrected chi connectivity index (χ1v) is 8.51. The van der Waals surface area contributed by atoms with Gasteiger partial charge in [-0.25, -0.2) is 0 Å². The number of rotatable bonds is 5. The van der Waals surface area contributed by atoms with Crippen LogP contribution in [0.5, 0.6) is 0 Å². The van der Waals surface area contributed by atoms with Crippen LogP contribution in [0.4, 0.5) is 5.69 Å². The number of aromatic nitrogens is 1. The molecule has 1 aliphatic heterocycles. The van der Waals surface area contributed by atoms with E-state index in [-0.39, 0.29) is 12.1 Å². The molecule has 4 rings (SSSR count). The summed E-state index contributed by atoms with van der Waals surface area (Å²) in [6, 6.07) is 15.8. The maximum Gasteiger partial charge on any atom is 0.257 e. The van der Waals surface area contributed by atoms with E-state index >= 15 is 0 Å². The molecule has 0 fully saturated rings. The van der Waals surface area contributed by atoms with Gasteiger partial charge in [-0.15, -0.1) is 0 Å². The molecule has 5 nitrogen and oxygen atoms in total. The number of carbonyl (C=O) groups is 1. The molecule has 1 aromatic heterocycles. The fourth-order valence-electron chi connectivity index (χ4n) is 3.47. The molecular formula is C20H21N3O2. The predicted octanol–water partition coefficient (Wildman–Crippen LogP) is 3.77. The van der Waals surface area contributed by atoms with Gasteiger partial charge in [0, 0.05) is 48.6 Å². The number of anilines is 1. The molecule has 25 heavy (non-hydrogen) atoms. The van der Waals surface area contributed by atoms with Gasteiger partial charge in [0.15, 0.2) is 0 Å². The summed E-state index contributed by atoms with van der Waals surface area (Å²) in [5.41, 5.74) is 3.75. The van der Waals surface area contributed by atoms with Crippen molar-refractivity contribution in [3.63, 3.8) is 0 Å². The van der Waals surface area contributed by atoms with Crippen molar-refractivity contribution < 1.29 is 9.53 Å². The van der Waals surface area contributed by atoms with Crippen LogP contribution in [0.1, 0.15) is 28.5 Å². The number of para-hydroxylation sites is 2. The van der Waals surface area contributed by atoms with Gasteiger partial charge in [0.1, 0.15) is 6.17 Å². The maximum absolute atomic E-state index is 13.1. The zero-order chi connectivity index (χ0) is 17.2. The van der Waals surface area contributed by atoms with Crippen LogP contribution in [0.25, 0.3) is 10.9 Å². The number of hydrogen-bond acceptors (Lipinski definition) is 3. The third-order valence-electron chi connectivity index (χ3n) is 4.69. The van der Waals surface area contributed by atoms with E-state index in [0.29, 0.717) is 13.2 Å². The SMILES string of the molecule is COCCCN1C(=O)c2ccccc2NC1c1c[nH]c2ccccc12. The molecular weight excluding hydrogens is 314 g/mol. The second-order valence-electron chi connectivity index (χ2n) is 6.23. The lowest BCUT2D eigenvalue weighted by atomic mass is 10.0. The fourth-order valence-corrected chi connectivity index (χ4v) is 3.47.